The summed E-state index contributed by atoms with van der Waals surface area (Å²) >= 11 is 1.58. The first kappa shape index (κ1) is 31.5. The van der Waals surface area contributed by atoms with Crippen LogP contribution in [-0.4, -0.2) is 11.6 Å². The molecule has 0 unspecified atom stereocenters. The Hall–Kier alpha value is -5.06. The Morgan fingerprint density at radius 2 is 1.04 bits per heavy atom. The number of benzene rings is 5. The van der Waals surface area contributed by atoms with E-state index in [1.54, 1.807) is 41.7 Å². The van der Waals surface area contributed by atoms with E-state index in [9.17, 15) is 9.59 Å². The zero-order chi connectivity index (χ0) is 33.8. The number of carbonyl (C=O) groups excluding carboxylic acids is 2. The van der Waals surface area contributed by atoms with E-state index in [1.165, 1.54) is 11.1 Å². The third-order valence-electron chi connectivity index (χ3n) is 9.17. The van der Waals surface area contributed by atoms with Crippen LogP contribution in [0.25, 0.3) is 27.3 Å². The molecule has 0 spiro atoms. The summed E-state index contributed by atoms with van der Waals surface area (Å²) in [6.07, 6.45) is 1.74. The van der Waals surface area contributed by atoms with Crippen LogP contribution < -0.4 is 4.90 Å². The maximum Gasteiger partial charge on any atom is 0.197 e. The minimum Gasteiger partial charge on any atom is -0.310 e. The van der Waals surface area contributed by atoms with Crippen LogP contribution in [0.15, 0.2) is 127 Å². The van der Waals surface area contributed by atoms with Gasteiger partial charge in [0, 0.05) is 37.9 Å². The monoisotopic (exact) mass is 645 g/mol. The molecule has 48 heavy (non-hydrogen) atoms. The molecule has 3 nitrogen and oxygen atoms in total. The SMILES string of the molecule is CC(C)(C)c1ccc(N(c2ccc(C(C)(C)C)cc2)c2ccc3cc(-c4ccc(C=C5C(=O)c6ccccc6C5=O)s4)ccc3c2)cc1. The first-order valence-corrected chi connectivity index (χ1v) is 17.2. The second-order valence-corrected chi connectivity index (χ2v) is 15.8. The van der Waals surface area contributed by atoms with Crippen LogP contribution in [0.2, 0.25) is 0 Å². The minimum absolute atomic E-state index is 0.0792. The molecule has 238 valence electrons. The predicted octanol–water partition coefficient (Wildman–Crippen LogP) is 12.1. The summed E-state index contributed by atoms with van der Waals surface area (Å²) in [5.74, 6) is -0.396. The molecule has 0 aliphatic heterocycles. The molecular weight excluding hydrogens is 607 g/mol. The van der Waals surface area contributed by atoms with Crippen LogP contribution in [0.4, 0.5) is 17.1 Å². The average Bonchev–Trinajstić information content (AvgIpc) is 3.63. The number of carbonyl (C=O) groups is 2. The lowest BCUT2D eigenvalue weighted by Gasteiger charge is -2.28. The van der Waals surface area contributed by atoms with Gasteiger partial charge in [0.05, 0.1) is 5.57 Å². The van der Waals surface area contributed by atoms with Gasteiger partial charge in [-0.1, -0.05) is 108 Å². The lowest BCUT2D eigenvalue weighted by Crippen LogP contribution is -2.14. The van der Waals surface area contributed by atoms with Gasteiger partial charge in [0.1, 0.15) is 0 Å². The summed E-state index contributed by atoms with van der Waals surface area (Å²) in [7, 11) is 0. The summed E-state index contributed by atoms with van der Waals surface area (Å²) in [5.41, 5.74) is 8.41. The summed E-state index contributed by atoms with van der Waals surface area (Å²) in [5, 5.41) is 2.30. The topological polar surface area (TPSA) is 37.4 Å². The molecule has 0 N–H and O–H groups in total. The van der Waals surface area contributed by atoms with E-state index in [1.807, 2.05) is 6.07 Å². The maximum atomic E-state index is 12.9. The van der Waals surface area contributed by atoms with Gasteiger partial charge >= 0.3 is 0 Å². The number of ketones is 2. The van der Waals surface area contributed by atoms with Crippen LogP contribution in [0.5, 0.6) is 0 Å². The highest BCUT2D eigenvalue weighted by molar-refractivity contribution is 7.16. The molecule has 0 saturated heterocycles. The van der Waals surface area contributed by atoms with Crippen molar-refractivity contribution in [2.45, 2.75) is 52.4 Å². The molecule has 4 heteroatoms. The van der Waals surface area contributed by atoms with Gasteiger partial charge in [-0.05, 0) is 99.0 Å². The number of hydrogen-bond donors (Lipinski definition) is 0. The smallest absolute Gasteiger partial charge is 0.197 e. The molecule has 1 heterocycles. The molecule has 0 amide bonds. The lowest BCUT2D eigenvalue weighted by molar-refractivity contribution is 0.0990. The number of Topliss-reactive ketones (excluding diaryl/α,β-unsaturated/α-hetero) is 2. The first-order valence-electron chi connectivity index (χ1n) is 16.4. The Morgan fingerprint density at radius 1 is 0.542 bits per heavy atom. The molecule has 1 aliphatic carbocycles. The fraction of sp³-hybridized carbons (Fsp3) is 0.182. The largest absolute Gasteiger partial charge is 0.310 e. The van der Waals surface area contributed by atoms with Crippen molar-refractivity contribution in [2.24, 2.45) is 0 Å². The number of thiophene rings is 1. The molecule has 0 fully saturated rings. The zero-order valence-electron chi connectivity index (χ0n) is 28.3. The van der Waals surface area contributed by atoms with E-state index in [-0.39, 0.29) is 28.0 Å². The summed E-state index contributed by atoms with van der Waals surface area (Å²) in [6.45, 7) is 13.5. The third kappa shape index (κ3) is 5.93. The van der Waals surface area contributed by atoms with Gasteiger partial charge in [-0.2, -0.15) is 0 Å². The van der Waals surface area contributed by atoms with Gasteiger partial charge in [-0.15, -0.1) is 11.3 Å². The van der Waals surface area contributed by atoms with Crippen LogP contribution in [-0.2, 0) is 10.8 Å². The highest BCUT2D eigenvalue weighted by atomic mass is 32.1. The summed E-state index contributed by atoms with van der Waals surface area (Å²) in [6, 6.07) is 42.1. The molecule has 7 rings (SSSR count). The highest BCUT2D eigenvalue weighted by Gasteiger charge is 2.32. The van der Waals surface area contributed by atoms with Crippen molar-refractivity contribution in [3.05, 3.63) is 154 Å². The molecule has 0 atom stereocenters. The van der Waals surface area contributed by atoms with Gasteiger partial charge in [0.2, 0.25) is 0 Å². The Balaban J connectivity index is 1.21. The van der Waals surface area contributed by atoms with Crippen molar-refractivity contribution in [1.29, 1.82) is 0 Å². The molecular formula is C44H39NO2S. The summed E-state index contributed by atoms with van der Waals surface area (Å²) < 4.78 is 0. The van der Waals surface area contributed by atoms with Crippen molar-refractivity contribution >= 4 is 56.8 Å². The molecule has 0 saturated carbocycles. The van der Waals surface area contributed by atoms with Crippen LogP contribution >= 0.6 is 11.3 Å². The third-order valence-corrected chi connectivity index (χ3v) is 10.2. The highest BCUT2D eigenvalue weighted by Crippen LogP contribution is 2.39. The Morgan fingerprint density at radius 3 is 1.58 bits per heavy atom. The van der Waals surface area contributed by atoms with E-state index in [4.69, 9.17) is 0 Å². The fourth-order valence-corrected chi connectivity index (χ4v) is 7.27. The molecule has 1 aliphatic rings. The second-order valence-electron chi connectivity index (χ2n) is 14.6. The van der Waals surface area contributed by atoms with Crippen LogP contribution in [0.1, 0.15) is 78.3 Å². The van der Waals surface area contributed by atoms with Crippen LogP contribution in [0.3, 0.4) is 0 Å². The maximum absolute atomic E-state index is 12.9. The second kappa shape index (κ2) is 11.9. The number of fused-ring (bicyclic) bond motifs is 2. The van der Waals surface area contributed by atoms with Crippen molar-refractivity contribution in [3.63, 3.8) is 0 Å². The van der Waals surface area contributed by atoms with Crippen molar-refractivity contribution in [3.8, 4) is 10.4 Å². The van der Waals surface area contributed by atoms with Crippen molar-refractivity contribution in [2.75, 3.05) is 4.90 Å². The van der Waals surface area contributed by atoms with E-state index >= 15 is 0 Å². The van der Waals surface area contributed by atoms with E-state index < -0.39 is 0 Å². The van der Waals surface area contributed by atoms with E-state index in [0.29, 0.717) is 11.1 Å². The number of anilines is 3. The standard InChI is InChI=1S/C44H39NO2S/c1-43(2,3)31-14-19-33(20-15-31)45(34-21-16-32(17-22-34)44(4,5)6)35-18-13-28-25-30(12-11-29(28)26-35)40-24-23-36(48-40)27-39-41(46)37-9-7-8-10-38(37)42(39)47/h7-27H,1-6H3. The normalized spacial score (nSPS) is 13.2. The quantitative estimate of drug-likeness (QED) is 0.138. The Bertz CT molecular complexity index is 2130. The van der Waals surface area contributed by atoms with Gasteiger partial charge in [-0.25, -0.2) is 0 Å². The van der Waals surface area contributed by atoms with E-state index in [2.05, 4.69) is 137 Å². The molecule has 5 aromatic carbocycles. The van der Waals surface area contributed by atoms with Gasteiger partial charge in [0.25, 0.3) is 0 Å². The van der Waals surface area contributed by atoms with Gasteiger partial charge < -0.3 is 4.90 Å². The van der Waals surface area contributed by atoms with E-state index in [0.717, 1.165) is 43.2 Å². The van der Waals surface area contributed by atoms with Crippen LogP contribution in [0, 0.1) is 0 Å². The molecule has 0 bridgehead atoms. The van der Waals surface area contributed by atoms with Gasteiger partial charge in [-0.3, -0.25) is 9.59 Å². The first-order chi connectivity index (χ1) is 22.9. The minimum atomic E-state index is -0.198. The number of rotatable bonds is 5. The van der Waals surface area contributed by atoms with Gasteiger partial charge in [0.15, 0.2) is 11.6 Å². The number of allylic oxidation sites excluding steroid dienone is 1. The van der Waals surface area contributed by atoms with Crippen molar-refractivity contribution in [1.82, 2.24) is 0 Å². The molecule has 6 aromatic rings. The summed E-state index contributed by atoms with van der Waals surface area (Å²) in [4.78, 5) is 30.1. The number of nitrogens with zero attached hydrogens (tertiary/aromatic N) is 1. The average molecular weight is 646 g/mol. The Kier molecular flexibility index (Phi) is 7.80. The fourth-order valence-electron chi connectivity index (χ4n) is 6.33. The Labute approximate surface area is 287 Å². The zero-order valence-corrected chi connectivity index (χ0v) is 29.1. The molecule has 1 aromatic heterocycles. The lowest BCUT2D eigenvalue weighted by atomic mass is 9.86. The molecule has 0 radical (unpaired) electrons. The van der Waals surface area contributed by atoms with Crippen molar-refractivity contribution < 1.29 is 9.59 Å². The number of hydrogen-bond acceptors (Lipinski definition) is 4. The predicted molar refractivity (Wildman–Crippen MR) is 202 cm³/mol.